The second-order valence-corrected chi connectivity index (χ2v) is 7.99. The summed E-state index contributed by atoms with van der Waals surface area (Å²) < 4.78 is 1.37. The number of aryl methyl sites for hydroxylation is 4. The van der Waals surface area contributed by atoms with E-state index in [4.69, 9.17) is 0 Å². The highest BCUT2D eigenvalue weighted by Crippen LogP contribution is 2.22. The molecule has 9 heteroatoms. The summed E-state index contributed by atoms with van der Waals surface area (Å²) in [5.74, 6) is -0.793. The van der Waals surface area contributed by atoms with E-state index in [0.29, 0.717) is 13.0 Å². The molecule has 0 aliphatic carbocycles. The number of carbonyl (C=O) groups excluding carboxylic acids is 2. The summed E-state index contributed by atoms with van der Waals surface area (Å²) >= 11 is 0. The van der Waals surface area contributed by atoms with Crippen molar-refractivity contribution in [3.05, 3.63) is 67.5 Å². The minimum Gasteiger partial charge on any atom is -0.332 e. The predicted octanol–water partition coefficient (Wildman–Crippen LogP) is 2.13. The molecule has 32 heavy (non-hydrogen) atoms. The van der Waals surface area contributed by atoms with Gasteiger partial charge in [0, 0.05) is 25.5 Å². The summed E-state index contributed by atoms with van der Waals surface area (Å²) in [6.45, 7) is 7.95. The van der Waals surface area contributed by atoms with Crippen LogP contribution in [0.1, 0.15) is 40.4 Å². The second-order valence-electron chi connectivity index (χ2n) is 7.99. The number of nitrogens with one attached hydrogen (secondary N) is 2. The number of rotatable bonds is 6. The standard InChI is InChI=1S/C23H27N5O4/c1-6-7-28-20-17(21(30)26-23(28)32)10-16(11-24-20)22(31)27(5)12-18(29)25-19-14(3)8-13(2)9-15(19)4/h8-11H,6-7,12H2,1-5H3,(H,25,29)(H,26,30,32). The van der Waals surface area contributed by atoms with E-state index in [0.717, 1.165) is 22.4 Å². The van der Waals surface area contributed by atoms with Gasteiger partial charge >= 0.3 is 5.69 Å². The summed E-state index contributed by atoms with van der Waals surface area (Å²) in [5.41, 5.74) is 2.96. The van der Waals surface area contributed by atoms with Crippen LogP contribution < -0.4 is 16.6 Å². The van der Waals surface area contributed by atoms with Crippen molar-refractivity contribution >= 4 is 28.5 Å². The van der Waals surface area contributed by atoms with Gasteiger partial charge in [0.15, 0.2) is 0 Å². The van der Waals surface area contributed by atoms with Crippen LogP contribution in [0.5, 0.6) is 0 Å². The van der Waals surface area contributed by atoms with Crippen molar-refractivity contribution < 1.29 is 9.59 Å². The van der Waals surface area contributed by atoms with Crippen LogP contribution in [0.3, 0.4) is 0 Å². The Morgan fingerprint density at radius 1 is 1.12 bits per heavy atom. The molecule has 0 saturated carbocycles. The van der Waals surface area contributed by atoms with Crippen molar-refractivity contribution in [2.75, 3.05) is 18.9 Å². The van der Waals surface area contributed by atoms with Gasteiger partial charge in [-0.2, -0.15) is 0 Å². The molecule has 0 atom stereocenters. The molecule has 0 spiro atoms. The van der Waals surface area contributed by atoms with E-state index in [1.165, 1.54) is 28.8 Å². The number of fused-ring (bicyclic) bond motifs is 1. The third-order valence-electron chi connectivity index (χ3n) is 5.20. The molecule has 0 fully saturated rings. The van der Waals surface area contributed by atoms with Crippen LogP contribution >= 0.6 is 0 Å². The third kappa shape index (κ3) is 4.61. The minimum absolute atomic E-state index is 0.146. The van der Waals surface area contributed by atoms with E-state index >= 15 is 0 Å². The lowest BCUT2D eigenvalue weighted by Gasteiger charge is -2.19. The van der Waals surface area contributed by atoms with E-state index in [1.54, 1.807) is 0 Å². The number of aromatic amines is 1. The number of anilines is 1. The highest BCUT2D eigenvalue weighted by Gasteiger charge is 2.19. The van der Waals surface area contributed by atoms with Gasteiger partial charge in [-0.05, 0) is 44.4 Å². The molecule has 3 rings (SSSR count). The number of benzene rings is 1. The molecule has 0 unspecified atom stereocenters. The number of hydrogen-bond acceptors (Lipinski definition) is 5. The Bertz CT molecular complexity index is 1300. The van der Waals surface area contributed by atoms with Gasteiger partial charge in [-0.1, -0.05) is 24.6 Å². The summed E-state index contributed by atoms with van der Waals surface area (Å²) in [6, 6.07) is 5.36. The van der Waals surface area contributed by atoms with E-state index in [2.05, 4.69) is 15.3 Å². The largest absolute Gasteiger partial charge is 0.332 e. The fourth-order valence-corrected chi connectivity index (χ4v) is 3.78. The predicted molar refractivity (Wildman–Crippen MR) is 123 cm³/mol. The van der Waals surface area contributed by atoms with Gasteiger partial charge in [0.25, 0.3) is 11.5 Å². The maximum Gasteiger partial charge on any atom is 0.329 e. The molecule has 2 aromatic heterocycles. The highest BCUT2D eigenvalue weighted by atomic mass is 16.2. The summed E-state index contributed by atoms with van der Waals surface area (Å²) in [6.07, 6.45) is 2.00. The molecule has 168 valence electrons. The molecule has 3 aromatic rings. The quantitative estimate of drug-likeness (QED) is 0.613. The van der Waals surface area contributed by atoms with Crippen molar-refractivity contribution in [2.45, 2.75) is 40.7 Å². The molecule has 0 radical (unpaired) electrons. The molecular weight excluding hydrogens is 410 g/mol. The van der Waals surface area contributed by atoms with Gasteiger partial charge in [0.2, 0.25) is 5.91 Å². The molecular formula is C23H27N5O4. The lowest BCUT2D eigenvalue weighted by atomic mass is 10.1. The van der Waals surface area contributed by atoms with Crippen LogP contribution in [-0.2, 0) is 11.3 Å². The lowest BCUT2D eigenvalue weighted by molar-refractivity contribution is -0.116. The zero-order valence-electron chi connectivity index (χ0n) is 18.9. The monoisotopic (exact) mass is 437 g/mol. The number of aromatic nitrogens is 3. The number of nitrogens with zero attached hydrogens (tertiary/aromatic N) is 3. The van der Waals surface area contributed by atoms with Gasteiger partial charge in [0.05, 0.1) is 17.5 Å². The molecule has 1 aromatic carbocycles. The number of H-pyrrole nitrogens is 1. The molecule has 9 nitrogen and oxygen atoms in total. The molecule has 0 bridgehead atoms. The Balaban J connectivity index is 1.82. The van der Waals surface area contributed by atoms with Crippen LogP contribution in [0.15, 0.2) is 34.0 Å². The maximum absolute atomic E-state index is 12.9. The van der Waals surface area contributed by atoms with Gasteiger partial charge in [-0.3, -0.25) is 23.9 Å². The van der Waals surface area contributed by atoms with Crippen LogP contribution in [0.25, 0.3) is 11.0 Å². The Labute approximate surface area is 185 Å². The van der Waals surface area contributed by atoms with Gasteiger partial charge in [-0.15, -0.1) is 0 Å². The summed E-state index contributed by atoms with van der Waals surface area (Å²) in [7, 11) is 1.50. The first-order valence-electron chi connectivity index (χ1n) is 10.4. The molecule has 2 amide bonds. The first-order chi connectivity index (χ1) is 15.1. The number of carbonyl (C=O) groups is 2. The Morgan fingerprint density at radius 3 is 2.41 bits per heavy atom. The first kappa shape index (κ1) is 22.9. The van der Waals surface area contributed by atoms with Crippen LogP contribution in [-0.4, -0.2) is 44.8 Å². The smallest absolute Gasteiger partial charge is 0.329 e. The third-order valence-corrected chi connectivity index (χ3v) is 5.20. The van der Waals surface area contributed by atoms with Crippen LogP contribution in [0.4, 0.5) is 5.69 Å². The molecule has 0 aliphatic rings. The number of pyridine rings is 1. The van der Waals surface area contributed by atoms with Crippen molar-refractivity contribution in [3.63, 3.8) is 0 Å². The minimum atomic E-state index is -0.606. The molecule has 0 aliphatic heterocycles. The fourth-order valence-electron chi connectivity index (χ4n) is 3.78. The van der Waals surface area contributed by atoms with Crippen LogP contribution in [0, 0.1) is 20.8 Å². The van der Waals surface area contributed by atoms with Crippen molar-refractivity contribution in [3.8, 4) is 0 Å². The van der Waals surface area contributed by atoms with Crippen LogP contribution in [0.2, 0.25) is 0 Å². The fraction of sp³-hybridized carbons (Fsp3) is 0.348. The van der Waals surface area contributed by atoms with Crippen molar-refractivity contribution in [1.82, 2.24) is 19.4 Å². The summed E-state index contributed by atoms with van der Waals surface area (Å²) in [5, 5.41) is 3.01. The lowest BCUT2D eigenvalue weighted by Crippen LogP contribution is -2.35. The first-order valence-corrected chi connectivity index (χ1v) is 10.4. The highest BCUT2D eigenvalue weighted by molar-refractivity contribution is 6.00. The van der Waals surface area contributed by atoms with Gasteiger partial charge in [-0.25, -0.2) is 9.78 Å². The van der Waals surface area contributed by atoms with Crippen molar-refractivity contribution in [1.29, 1.82) is 0 Å². The topological polar surface area (TPSA) is 117 Å². The second kappa shape index (κ2) is 9.17. The number of hydrogen-bond donors (Lipinski definition) is 2. The average molecular weight is 438 g/mol. The molecule has 2 N–H and O–H groups in total. The normalized spacial score (nSPS) is 10.9. The molecule has 0 saturated heterocycles. The number of amides is 2. The van der Waals surface area contributed by atoms with E-state index < -0.39 is 17.2 Å². The van der Waals surface area contributed by atoms with Crippen molar-refractivity contribution in [2.24, 2.45) is 0 Å². The number of likely N-dealkylation sites (N-methyl/N-ethyl adjacent to an activating group) is 1. The van der Waals surface area contributed by atoms with Gasteiger partial charge in [0.1, 0.15) is 5.65 Å². The van der Waals surface area contributed by atoms with Gasteiger partial charge < -0.3 is 10.2 Å². The maximum atomic E-state index is 12.9. The molecule has 2 heterocycles. The Morgan fingerprint density at radius 2 is 1.78 bits per heavy atom. The van der Waals surface area contributed by atoms with E-state index in [1.807, 2.05) is 39.8 Å². The zero-order valence-corrected chi connectivity index (χ0v) is 18.9. The van der Waals surface area contributed by atoms with E-state index in [-0.39, 0.29) is 29.0 Å². The average Bonchev–Trinajstić information content (AvgIpc) is 2.72. The Kier molecular flexibility index (Phi) is 6.57. The Hall–Kier alpha value is -3.75. The zero-order chi connectivity index (χ0) is 23.6. The summed E-state index contributed by atoms with van der Waals surface area (Å²) in [4.78, 5) is 57.5. The van der Waals surface area contributed by atoms with E-state index in [9.17, 15) is 19.2 Å². The SMILES string of the molecule is CCCn1c(=O)[nH]c(=O)c2cc(C(=O)N(C)CC(=O)Nc3c(C)cc(C)cc3C)cnc21.